The number of nitrogen functional groups attached to an aromatic ring is 1. The molecule has 0 radical (unpaired) electrons. The van der Waals surface area contributed by atoms with E-state index in [1.807, 2.05) is 24.3 Å². The van der Waals surface area contributed by atoms with Crippen molar-refractivity contribution in [3.8, 4) is 0 Å². The van der Waals surface area contributed by atoms with E-state index in [9.17, 15) is 4.79 Å². The smallest absolute Gasteiger partial charge is 0.281 e. The molecule has 2 atom stereocenters. The summed E-state index contributed by atoms with van der Waals surface area (Å²) in [5, 5.41) is 9.63. The average molecular weight is 359 g/mol. The van der Waals surface area contributed by atoms with Gasteiger partial charge < -0.3 is 20.7 Å². The van der Waals surface area contributed by atoms with Crippen molar-refractivity contribution >= 4 is 17.4 Å². The van der Waals surface area contributed by atoms with Crippen molar-refractivity contribution in [2.45, 2.75) is 38.8 Å². The Morgan fingerprint density at radius 2 is 2.00 bits per heavy atom. The summed E-state index contributed by atoms with van der Waals surface area (Å²) in [5.74, 6) is -0.482. The van der Waals surface area contributed by atoms with Gasteiger partial charge in [0.15, 0.2) is 0 Å². The van der Waals surface area contributed by atoms with Gasteiger partial charge >= 0.3 is 0 Å². The van der Waals surface area contributed by atoms with E-state index in [0.29, 0.717) is 11.7 Å². The van der Waals surface area contributed by atoms with E-state index in [0.717, 1.165) is 38.1 Å². The monoisotopic (exact) mass is 359 g/mol. The average Bonchev–Trinajstić information content (AvgIpc) is 3.10. The van der Waals surface area contributed by atoms with Gasteiger partial charge in [0.2, 0.25) is 11.5 Å². The molecule has 0 unspecified atom stereocenters. The van der Waals surface area contributed by atoms with Gasteiger partial charge in [-0.1, -0.05) is 26.0 Å². The van der Waals surface area contributed by atoms with Crippen molar-refractivity contribution < 1.29 is 14.2 Å². The Hall–Kier alpha value is -2.45. The van der Waals surface area contributed by atoms with Crippen LogP contribution in [0.1, 0.15) is 48.8 Å². The zero-order valence-corrected chi connectivity index (χ0v) is 15.1. The molecule has 1 aliphatic heterocycles. The van der Waals surface area contributed by atoms with Gasteiger partial charge in [-0.25, -0.2) is 4.63 Å². The lowest BCUT2D eigenvalue weighted by Gasteiger charge is -2.36. The van der Waals surface area contributed by atoms with Gasteiger partial charge in [-0.2, -0.15) is 0 Å². The molecule has 8 nitrogen and oxygen atoms in total. The fourth-order valence-corrected chi connectivity index (χ4v) is 3.41. The van der Waals surface area contributed by atoms with E-state index >= 15 is 0 Å². The number of carbonyl (C=O) groups is 1. The Bertz CT molecular complexity index is 727. The van der Waals surface area contributed by atoms with Gasteiger partial charge in [0.1, 0.15) is 0 Å². The molecular formula is C18H25N5O3. The number of hydrogen-bond acceptors (Lipinski definition) is 7. The molecule has 1 aromatic heterocycles. The number of aromatic nitrogens is 2. The first-order valence-electron chi connectivity index (χ1n) is 8.97. The standard InChI is InChI=1S/C18H25N5O3/c1-3-23(4-2)14-9-10-25-15(11-14)12-5-7-13(8-6-12)20-18(24)16-17(19)22-26-21-16/h5-8,14-15H,3-4,9-11H2,1-2H3,(H2,19,22)(H,20,24)/t14-,15+/m1/s1. The first-order valence-corrected chi connectivity index (χ1v) is 8.97. The van der Waals surface area contributed by atoms with Crippen LogP contribution in [0.15, 0.2) is 28.9 Å². The molecule has 26 heavy (non-hydrogen) atoms. The second-order valence-electron chi connectivity index (χ2n) is 6.33. The molecule has 0 aliphatic carbocycles. The fraction of sp³-hybridized carbons (Fsp3) is 0.500. The third kappa shape index (κ3) is 4.03. The van der Waals surface area contributed by atoms with Crippen molar-refractivity contribution in [3.05, 3.63) is 35.5 Å². The Balaban J connectivity index is 1.64. The van der Waals surface area contributed by atoms with Crippen LogP contribution in [-0.2, 0) is 4.74 Å². The van der Waals surface area contributed by atoms with Gasteiger partial charge in [-0.3, -0.25) is 4.79 Å². The molecule has 3 rings (SSSR count). The molecule has 8 heteroatoms. The Morgan fingerprint density at radius 1 is 1.27 bits per heavy atom. The van der Waals surface area contributed by atoms with Crippen LogP contribution >= 0.6 is 0 Å². The fourth-order valence-electron chi connectivity index (χ4n) is 3.41. The highest BCUT2D eigenvalue weighted by molar-refractivity contribution is 6.05. The second kappa shape index (κ2) is 8.29. The summed E-state index contributed by atoms with van der Waals surface area (Å²) >= 11 is 0. The van der Waals surface area contributed by atoms with Crippen molar-refractivity contribution in [2.24, 2.45) is 0 Å². The van der Waals surface area contributed by atoms with Gasteiger partial charge in [-0.05, 0) is 53.9 Å². The number of amides is 1. The van der Waals surface area contributed by atoms with Crippen LogP contribution in [-0.4, -0.2) is 46.9 Å². The number of anilines is 2. The Kier molecular flexibility index (Phi) is 5.85. The minimum atomic E-state index is -0.452. The quantitative estimate of drug-likeness (QED) is 0.816. The summed E-state index contributed by atoms with van der Waals surface area (Å²) in [6.07, 6.45) is 2.13. The molecule has 0 saturated carbocycles. The lowest BCUT2D eigenvalue weighted by Crippen LogP contribution is -2.40. The third-order valence-electron chi connectivity index (χ3n) is 4.85. The topological polar surface area (TPSA) is 107 Å². The summed E-state index contributed by atoms with van der Waals surface area (Å²) < 4.78 is 10.4. The maximum absolute atomic E-state index is 12.1. The summed E-state index contributed by atoms with van der Waals surface area (Å²) in [6, 6.07) is 8.21. The first kappa shape index (κ1) is 18.3. The molecule has 1 aliphatic rings. The van der Waals surface area contributed by atoms with E-state index in [2.05, 4.69) is 39.0 Å². The molecule has 2 heterocycles. The van der Waals surface area contributed by atoms with Crippen LogP contribution in [0.5, 0.6) is 0 Å². The van der Waals surface area contributed by atoms with Crippen molar-refractivity contribution in [1.82, 2.24) is 15.2 Å². The Labute approximate surface area is 152 Å². The van der Waals surface area contributed by atoms with Gasteiger partial charge in [0.25, 0.3) is 5.91 Å². The number of ether oxygens (including phenoxy) is 1. The number of rotatable bonds is 6. The molecule has 1 saturated heterocycles. The van der Waals surface area contributed by atoms with Crippen LogP contribution in [0.2, 0.25) is 0 Å². The number of hydrogen-bond donors (Lipinski definition) is 2. The lowest BCUT2D eigenvalue weighted by atomic mass is 9.96. The predicted octanol–water partition coefficient (Wildman–Crippen LogP) is 2.47. The minimum absolute atomic E-state index is 0.0215. The number of carbonyl (C=O) groups excluding carboxylic acids is 1. The number of benzene rings is 1. The lowest BCUT2D eigenvalue weighted by molar-refractivity contribution is -0.0265. The van der Waals surface area contributed by atoms with Crippen LogP contribution < -0.4 is 11.1 Å². The SMILES string of the molecule is CCN(CC)[C@@H]1CCO[C@H](c2ccc(NC(=O)c3nonc3N)cc2)C1. The second-order valence-corrected chi connectivity index (χ2v) is 6.33. The summed E-state index contributed by atoms with van der Waals surface area (Å²) in [7, 11) is 0. The van der Waals surface area contributed by atoms with Gasteiger partial charge in [0, 0.05) is 18.3 Å². The summed E-state index contributed by atoms with van der Waals surface area (Å²) in [5.41, 5.74) is 7.27. The molecule has 2 aromatic rings. The van der Waals surface area contributed by atoms with Crippen LogP contribution in [0.25, 0.3) is 0 Å². The third-order valence-corrected chi connectivity index (χ3v) is 4.85. The zero-order chi connectivity index (χ0) is 18.5. The molecule has 0 bridgehead atoms. The van der Waals surface area contributed by atoms with Crippen molar-refractivity contribution in [1.29, 1.82) is 0 Å². The zero-order valence-electron chi connectivity index (χ0n) is 15.1. The largest absolute Gasteiger partial charge is 0.379 e. The van der Waals surface area contributed by atoms with E-state index in [-0.39, 0.29) is 17.6 Å². The van der Waals surface area contributed by atoms with E-state index in [4.69, 9.17) is 10.5 Å². The number of nitrogens with two attached hydrogens (primary N) is 1. The van der Waals surface area contributed by atoms with Crippen molar-refractivity contribution in [2.75, 3.05) is 30.7 Å². The van der Waals surface area contributed by atoms with Crippen molar-refractivity contribution in [3.63, 3.8) is 0 Å². The number of nitrogens with zero attached hydrogens (tertiary/aromatic N) is 3. The first-order chi connectivity index (χ1) is 12.6. The number of nitrogens with one attached hydrogen (secondary N) is 1. The highest BCUT2D eigenvalue weighted by atomic mass is 16.6. The maximum Gasteiger partial charge on any atom is 0.281 e. The van der Waals surface area contributed by atoms with Crippen LogP contribution in [0, 0.1) is 0 Å². The minimum Gasteiger partial charge on any atom is -0.379 e. The van der Waals surface area contributed by atoms with Crippen LogP contribution in [0.3, 0.4) is 0 Å². The Morgan fingerprint density at radius 3 is 2.62 bits per heavy atom. The molecule has 3 N–H and O–H groups in total. The van der Waals surface area contributed by atoms with Crippen LogP contribution in [0.4, 0.5) is 11.5 Å². The predicted molar refractivity (Wildman–Crippen MR) is 97.7 cm³/mol. The van der Waals surface area contributed by atoms with E-state index in [1.165, 1.54) is 0 Å². The summed E-state index contributed by atoms with van der Waals surface area (Å²) in [6.45, 7) is 7.27. The van der Waals surface area contributed by atoms with E-state index in [1.54, 1.807) is 0 Å². The molecule has 140 valence electrons. The summed E-state index contributed by atoms with van der Waals surface area (Å²) in [4.78, 5) is 14.6. The van der Waals surface area contributed by atoms with E-state index < -0.39 is 5.91 Å². The molecule has 1 amide bonds. The molecule has 1 aromatic carbocycles. The maximum atomic E-state index is 12.1. The molecule has 0 spiro atoms. The normalized spacial score (nSPS) is 20.3. The van der Waals surface area contributed by atoms with Gasteiger partial charge in [-0.15, -0.1) is 0 Å². The highest BCUT2D eigenvalue weighted by Crippen LogP contribution is 2.31. The molecule has 1 fully saturated rings. The molecular weight excluding hydrogens is 334 g/mol. The highest BCUT2D eigenvalue weighted by Gasteiger charge is 2.27. The van der Waals surface area contributed by atoms with Gasteiger partial charge in [0.05, 0.1) is 6.10 Å².